The van der Waals surface area contributed by atoms with Gasteiger partial charge in [0.25, 0.3) is 0 Å². The molecule has 0 bridgehead atoms. The molecule has 0 saturated carbocycles. The van der Waals surface area contributed by atoms with Gasteiger partial charge in [-0.25, -0.2) is 0 Å². The molecule has 0 spiro atoms. The molecule has 1 heterocycles. The highest BCUT2D eigenvalue weighted by Gasteiger charge is 2.55. The molecule has 0 unspecified atom stereocenters. The maximum Gasteiger partial charge on any atom is 0.194 e. The molecule has 21 heavy (non-hydrogen) atoms. The number of hydrogen-bond acceptors (Lipinski definition) is 4. The summed E-state index contributed by atoms with van der Waals surface area (Å²) < 4.78 is 11.5. The van der Waals surface area contributed by atoms with Gasteiger partial charge in [-0.1, -0.05) is 32.9 Å². The highest BCUT2D eigenvalue weighted by molar-refractivity contribution is 6.74. The third-order valence-electron chi connectivity index (χ3n) is 4.79. The normalized spacial score (nSPS) is 30.0. The molecular weight excluding hydrogens is 284 g/mol. The Hall–Kier alpha value is -0.753. The third-order valence-corrected chi connectivity index (χ3v) is 9.27. The van der Waals surface area contributed by atoms with E-state index in [0.717, 1.165) is 0 Å². The fourth-order valence-corrected chi connectivity index (χ4v) is 3.19. The number of hydrogen-bond donors (Lipinski definition) is 1. The highest BCUT2D eigenvalue weighted by Crippen LogP contribution is 2.40. The summed E-state index contributed by atoms with van der Waals surface area (Å²) in [4.78, 5) is 12.2. The van der Waals surface area contributed by atoms with Crippen molar-refractivity contribution in [3.63, 3.8) is 0 Å². The molecule has 3 atom stereocenters. The number of carbonyl (C=O) groups is 1. The number of allylic oxidation sites excluding steroid dienone is 2. The van der Waals surface area contributed by atoms with Crippen LogP contribution in [0, 0.1) is 0 Å². The lowest BCUT2D eigenvalue weighted by molar-refractivity contribution is -0.116. The average molecular weight is 310 g/mol. The van der Waals surface area contributed by atoms with Crippen LogP contribution < -0.4 is 0 Å². The Balaban J connectivity index is 2.23. The molecule has 1 aliphatic carbocycles. The summed E-state index contributed by atoms with van der Waals surface area (Å²) in [6, 6.07) is 0. The van der Waals surface area contributed by atoms with E-state index in [4.69, 9.17) is 9.16 Å². The summed E-state index contributed by atoms with van der Waals surface area (Å²) in [6.45, 7) is 13.0. The molecular formula is C16H26O4Si. The lowest BCUT2D eigenvalue weighted by atomic mass is 9.88. The molecule has 0 aromatic heterocycles. The second-order valence-electron chi connectivity index (χ2n) is 7.32. The Bertz CT molecular complexity index is 499. The van der Waals surface area contributed by atoms with Gasteiger partial charge in [0.15, 0.2) is 14.1 Å². The van der Waals surface area contributed by atoms with E-state index in [9.17, 15) is 9.90 Å². The minimum absolute atomic E-state index is 0.0303. The van der Waals surface area contributed by atoms with Crippen molar-refractivity contribution >= 4 is 14.1 Å². The van der Waals surface area contributed by atoms with Gasteiger partial charge in [-0.2, -0.15) is 0 Å². The third kappa shape index (κ3) is 3.06. The number of carbonyl (C=O) groups excluding carboxylic acids is 1. The molecule has 5 heteroatoms. The number of ketones is 1. The van der Waals surface area contributed by atoms with E-state index in [-0.39, 0.29) is 16.9 Å². The van der Waals surface area contributed by atoms with Crippen molar-refractivity contribution in [1.29, 1.82) is 0 Å². The van der Waals surface area contributed by atoms with E-state index in [0.29, 0.717) is 17.8 Å². The van der Waals surface area contributed by atoms with Crippen LogP contribution in [0.4, 0.5) is 0 Å². The fourth-order valence-electron chi connectivity index (χ4n) is 2.24. The van der Waals surface area contributed by atoms with E-state index >= 15 is 0 Å². The number of aliphatic hydroxyl groups excluding tert-OH is 1. The molecule has 0 aromatic carbocycles. The maximum atomic E-state index is 12.2. The number of ether oxygens (including phenoxy) is 1. The number of epoxide rings is 1. The van der Waals surface area contributed by atoms with E-state index in [1.807, 2.05) is 13.0 Å². The van der Waals surface area contributed by atoms with Gasteiger partial charge in [-0.05, 0) is 30.6 Å². The molecule has 1 aliphatic heterocycles. The summed E-state index contributed by atoms with van der Waals surface area (Å²) in [5.41, 5.74) is 1.23. The van der Waals surface area contributed by atoms with Crippen LogP contribution in [0.15, 0.2) is 23.3 Å². The smallest absolute Gasteiger partial charge is 0.194 e. The van der Waals surface area contributed by atoms with E-state index in [1.165, 1.54) is 0 Å². The molecule has 2 aliphatic rings. The largest absolute Gasteiger partial charge is 0.413 e. The minimum Gasteiger partial charge on any atom is -0.413 e. The summed E-state index contributed by atoms with van der Waals surface area (Å²) in [6.07, 6.45) is 2.01. The van der Waals surface area contributed by atoms with Crippen molar-refractivity contribution in [2.75, 3.05) is 6.61 Å². The van der Waals surface area contributed by atoms with Gasteiger partial charge in [0.2, 0.25) is 0 Å². The predicted molar refractivity (Wildman–Crippen MR) is 84.7 cm³/mol. The molecule has 1 fully saturated rings. The molecule has 0 amide bonds. The van der Waals surface area contributed by atoms with Crippen LogP contribution in [-0.2, 0) is 14.0 Å². The first-order valence-corrected chi connectivity index (χ1v) is 10.4. The van der Waals surface area contributed by atoms with Crippen LogP contribution in [0.5, 0.6) is 0 Å². The molecule has 1 saturated heterocycles. The zero-order valence-electron chi connectivity index (χ0n) is 13.8. The Morgan fingerprint density at radius 3 is 2.52 bits per heavy atom. The number of aliphatic hydroxyl groups is 1. The Morgan fingerprint density at radius 1 is 1.38 bits per heavy atom. The zero-order chi connectivity index (χ0) is 16.0. The van der Waals surface area contributed by atoms with Crippen molar-refractivity contribution in [3.8, 4) is 0 Å². The predicted octanol–water partition coefficient (Wildman–Crippen LogP) is 2.59. The van der Waals surface area contributed by atoms with Crippen molar-refractivity contribution in [2.45, 2.75) is 64.1 Å². The maximum absolute atomic E-state index is 12.2. The summed E-state index contributed by atoms with van der Waals surface area (Å²) in [5, 5.41) is 10.5. The van der Waals surface area contributed by atoms with Crippen LogP contribution in [0.2, 0.25) is 18.1 Å². The van der Waals surface area contributed by atoms with E-state index in [1.54, 1.807) is 6.08 Å². The van der Waals surface area contributed by atoms with Gasteiger partial charge in [-0.3, -0.25) is 4.79 Å². The quantitative estimate of drug-likeness (QED) is 0.640. The van der Waals surface area contributed by atoms with Crippen molar-refractivity contribution < 1.29 is 19.1 Å². The van der Waals surface area contributed by atoms with Crippen molar-refractivity contribution in [1.82, 2.24) is 0 Å². The van der Waals surface area contributed by atoms with E-state index in [2.05, 4.69) is 33.9 Å². The topological polar surface area (TPSA) is 59.1 Å². The summed E-state index contributed by atoms with van der Waals surface area (Å²) in [7, 11) is -1.92. The Kier molecular flexibility index (Phi) is 4.32. The van der Waals surface area contributed by atoms with Gasteiger partial charge in [0.1, 0.15) is 18.3 Å². The number of rotatable bonds is 4. The monoisotopic (exact) mass is 310 g/mol. The van der Waals surface area contributed by atoms with Gasteiger partial charge >= 0.3 is 0 Å². The van der Waals surface area contributed by atoms with Gasteiger partial charge in [0, 0.05) is 5.57 Å². The summed E-state index contributed by atoms with van der Waals surface area (Å²) in [5.74, 6) is -0.0303. The first-order valence-electron chi connectivity index (χ1n) is 7.47. The SMILES string of the molecule is C/C=C/C1=C(CO[Si](C)(C)C(C)(C)C)[C@@H](O)[C@H]2O[C@H]2C1=O. The lowest BCUT2D eigenvalue weighted by Crippen LogP contribution is -2.43. The second-order valence-corrected chi connectivity index (χ2v) is 12.1. The van der Waals surface area contributed by atoms with Gasteiger partial charge in [0.05, 0.1) is 6.61 Å². The van der Waals surface area contributed by atoms with Crippen LogP contribution >= 0.6 is 0 Å². The highest BCUT2D eigenvalue weighted by atomic mass is 28.4. The zero-order valence-corrected chi connectivity index (χ0v) is 14.8. The molecule has 1 N–H and O–H groups in total. The first-order chi connectivity index (χ1) is 9.60. The molecule has 0 aromatic rings. The van der Waals surface area contributed by atoms with Crippen LogP contribution in [0.25, 0.3) is 0 Å². The fraction of sp³-hybridized carbons (Fsp3) is 0.688. The molecule has 0 radical (unpaired) electrons. The van der Waals surface area contributed by atoms with Crippen molar-refractivity contribution in [3.05, 3.63) is 23.3 Å². The van der Waals surface area contributed by atoms with Gasteiger partial charge < -0.3 is 14.3 Å². The standard InChI is InChI=1S/C16H26O4Si/c1-7-8-10-11(9-19-21(5,6)16(2,3)4)13(18)15-14(20-15)12(10)17/h7-8,13-15,18H,9H2,1-6H3/b8-7+/t13-,14+,15-/m1/s1. The molecule has 118 valence electrons. The lowest BCUT2D eigenvalue weighted by Gasteiger charge is -2.37. The Morgan fingerprint density at radius 2 is 2.00 bits per heavy atom. The summed E-state index contributed by atoms with van der Waals surface area (Å²) >= 11 is 0. The van der Waals surface area contributed by atoms with Crippen LogP contribution in [0.3, 0.4) is 0 Å². The average Bonchev–Trinajstić information content (AvgIpc) is 3.14. The number of fused-ring (bicyclic) bond motifs is 1. The first kappa shape index (κ1) is 16.6. The van der Waals surface area contributed by atoms with Crippen molar-refractivity contribution in [2.24, 2.45) is 0 Å². The minimum atomic E-state index is -1.92. The van der Waals surface area contributed by atoms with Crippen LogP contribution in [0.1, 0.15) is 27.7 Å². The van der Waals surface area contributed by atoms with Crippen LogP contribution in [-0.4, -0.2) is 44.1 Å². The van der Waals surface area contributed by atoms with Gasteiger partial charge in [-0.15, -0.1) is 0 Å². The van der Waals surface area contributed by atoms with E-state index < -0.39 is 20.5 Å². The second kappa shape index (κ2) is 5.46. The Labute approximate surface area is 128 Å². The molecule has 4 nitrogen and oxygen atoms in total. The number of Topliss-reactive ketones (excluding diaryl/α,β-unsaturated/α-hetero) is 1. The molecule has 2 rings (SSSR count).